The molecule has 0 spiro atoms. The van der Waals surface area contributed by atoms with Gasteiger partial charge in [-0.15, -0.1) is 5.73 Å². The number of nitrogens with one attached hydrogen (secondary N) is 1. The van der Waals surface area contributed by atoms with Gasteiger partial charge in [-0.05, 0) is 48.6 Å². The lowest BCUT2D eigenvalue weighted by Gasteiger charge is -2.16. The van der Waals surface area contributed by atoms with E-state index in [1.54, 1.807) is 42.6 Å². The molecule has 1 N–H and O–H groups in total. The topological polar surface area (TPSA) is 94.2 Å². The van der Waals surface area contributed by atoms with Crippen LogP contribution in [-0.4, -0.2) is 24.1 Å². The summed E-state index contributed by atoms with van der Waals surface area (Å²) < 4.78 is 34.4. The quantitative estimate of drug-likeness (QED) is 0.278. The lowest BCUT2D eigenvalue weighted by Crippen LogP contribution is -2.28. The van der Waals surface area contributed by atoms with Crippen LogP contribution in [0.3, 0.4) is 0 Å². The van der Waals surface area contributed by atoms with Crippen LogP contribution in [0.4, 0.5) is 0 Å². The third-order valence-corrected chi connectivity index (χ3v) is 7.48. The maximum atomic E-state index is 12.6. The fourth-order valence-electron chi connectivity index (χ4n) is 4.06. The maximum Gasteiger partial charge on any atom is 0.297 e. The van der Waals surface area contributed by atoms with Crippen LogP contribution in [0.2, 0.25) is 10.0 Å². The van der Waals surface area contributed by atoms with Crippen molar-refractivity contribution in [2.24, 2.45) is 0 Å². The Balaban J connectivity index is 1.40. The van der Waals surface area contributed by atoms with Crippen molar-refractivity contribution in [2.45, 2.75) is 30.9 Å². The summed E-state index contributed by atoms with van der Waals surface area (Å²) in [7, 11) is -4.17. The number of para-hydroxylation sites is 1. The van der Waals surface area contributed by atoms with Crippen LogP contribution in [0.15, 0.2) is 76.0 Å². The first-order valence-electron chi connectivity index (χ1n) is 10.8. The number of aryl methyl sites for hydroxylation is 1. The standard InChI is InChI=1S/C25H19Cl2N3O4S/c26-20-10-8-19(21(27)13-20)15-30-25-16(5-3-6-18(25)14-28-30)9-11-23(31)29-35(32,33)24-12-17-4-1-2-7-22(17)34-24/h1-2,4,7-8,10-14H,3,5-6,15H2,(H,29,31). The average Bonchev–Trinajstić information content (AvgIpc) is 3.44. The highest BCUT2D eigenvalue weighted by molar-refractivity contribution is 7.90. The first kappa shape index (κ1) is 23.5. The highest BCUT2D eigenvalue weighted by Crippen LogP contribution is 2.31. The van der Waals surface area contributed by atoms with Gasteiger partial charge >= 0.3 is 0 Å². The van der Waals surface area contributed by atoms with E-state index in [1.165, 1.54) is 6.07 Å². The molecule has 2 aromatic carbocycles. The van der Waals surface area contributed by atoms with Crippen LogP contribution in [0, 0.1) is 0 Å². The number of hydrogen-bond acceptors (Lipinski definition) is 5. The first-order valence-corrected chi connectivity index (χ1v) is 13.0. The van der Waals surface area contributed by atoms with Crippen LogP contribution in [-0.2, 0) is 27.8 Å². The zero-order valence-corrected chi connectivity index (χ0v) is 20.6. The fourth-order valence-corrected chi connectivity index (χ4v) is 5.43. The van der Waals surface area contributed by atoms with Crippen LogP contribution in [0.1, 0.15) is 29.7 Å². The van der Waals surface area contributed by atoms with Crippen molar-refractivity contribution in [3.8, 4) is 0 Å². The van der Waals surface area contributed by atoms with E-state index in [0.717, 1.165) is 41.3 Å². The van der Waals surface area contributed by atoms with Gasteiger partial charge in [0.15, 0.2) is 0 Å². The molecule has 7 nitrogen and oxygen atoms in total. The monoisotopic (exact) mass is 527 g/mol. The Labute approximate surface area is 211 Å². The number of carbonyl (C=O) groups is 1. The molecule has 0 fully saturated rings. The number of furan rings is 1. The molecule has 1 aliphatic carbocycles. The van der Waals surface area contributed by atoms with Gasteiger partial charge in [0.05, 0.1) is 18.4 Å². The Kier molecular flexibility index (Phi) is 6.30. The number of halogens is 2. The van der Waals surface area contributed by atoms with E-state index in [9.17, 15) is 13.2 Å². The summed E-state index contributed by atoms with van der Waals surface area (Å²) in [5, 5.41) is 5.88. The Bertz CT molecular complexity index is 1600. The number of amides is 1. The lowest BCUT2D eigenvalue weighted by atomic mass is 9.93. The summed E-state index contributed by atoms with van der Waals surface area (Å²) in [6, 6.07) is 13.6. The second-order valence-corrected chi connectivity index (χ2v) is 10.6. The molecule has 1 amide bonds. The summed E-state index contributed by atoms with van der Waals surface area (Å²) in [6.07, 6.45) is 5.29. The molecule has 2 aromatic heterocycles. The normalized spacial score (nSPS) is 13.4. The zero-order valence-electron chi connectivity index (χ0n) is 18.3. The zero-order chi connectivity index (χ0) is 24.6. The predicted molar refractivity (Wildman–Crippen MR) is 134 cm³/mol. The van der Waals surface area contributed by atoms with Crippen LogP contribution < -0.4 is 4.72 Å². The number of fused-ring (bicyclic) bond motifs is 2. The van der Waals surface area contributed by atoms with Crippen molar-refractivity contribution in [3.63, 3.8) is 0 Å². The first-order chi connectivity index (χ1) is 16.8. The van der Waals surface area contributed by atoms with Gasteiger partial charge in [-0.25, -0.2) is 4.72 Å². The molecule has 4 aromatic rings. The molecule has 0 radical (unpaired) electrons. The van der Waals surface area contributed by atoms with Gasteiger partial charge in [0.2, 0.25) is 5.09 Å². The van der Waals surface area contributed by atoms with Gasteiger partial charge in [0, 0.05) is 33.1 Å². The van der Waals surface area contributed by atoms with Gasteiger partial charge in [0.25, 0.3) is 15.9 Å². The van der Waals surface area contributed by atoms with E-state index in [-0.39, 0.29) is 5.09 Å². The molecule has 1 aliphatic rings. The van der Waals surface area contributed by atoms with Crippen molar-refractivity contribution >= 4 is 55.7 Å². The molecule has 0 atom stereocenters. The molecule has 0 unspecified atom stereocenters. The van der Waals surface area contributed by atoms with E-state index in [2.05, 4.69) is 10.8 Å². The second-order valence-electron chi connectivity index (χ2n) is 8.11. The number of nitrogens with zero attached hydrogens (tertiary/aromatic N) is 2. The Morgan fingerprint density at radius 1 is 1.17 bits per heavy atom. The molecule has 0 saturated carbocycles. The molecule has 10 heteroatoms. The molecular formula is C25H19Cl2N3O4S. The molecule has 35 heavy (non-hydrogen) atoms. The van der Waals surface area contributed by atoms with Crippen molar-refractivity contribution < 1.29 is 17.6 Å². The molecule has 5 rings (SSSR count). The summed E-state index contributed by atoms with van der Waals surface area (Å²) in [5.74, 6) is -0.822. The van der Waals surface area contributed by atoms with Crippen LogP contribution >= 0.6 is 23.2 Å². The summed E-state index contributed by atoms with van der Waals surface area (Å²) in [6.45, 7) is 0.420. The highest BCUT2D eigenvalue weighted by Gasteiger charge is 2.23. The van der Waals surface area contributed by atoms with Crippen molar-refractivity contribution in [2.75, 3.05) is 0 Å². The summed E-state index contributed by atoms with van der Waals surface area (Å²) >= 11 is 12.3. The molecular weight excluding hydrogens is 509 g/mol. The predicted octanol–water partition coefficient (Wildman–Crippen LogP) is 5.36. The SMILES string of the molecule is O=C(C=C=C1CCCc2cnn(Cc3ccc(Cl)cc3Cl)c21)NS(=O)(=O)c1cc2ccccc2o1. The molecule has 2 heterocycles. The minimum atomic E-state index is -4.17. The lowest BCUT2D eigenvalue weighted by molar-refractivity contribution is -0.114. The van der Waals surface area contributed by atoms with E-state index < -0.39 is 15.9 Å². The highest BCUT2D eigenvalue weighted by atomic mass is 35.5. The number of carbonyl (C=O) groups excluding carboxylic acids is 1. The van der Waals surface area contributed by atoms with Crippen molar-refractivity contribution in [1.29, 1.82) is 0 Å². The molecule has 178 valence electrons. The van der Waals surface area contributed by atoms with Crippen molar-refractivity contribution in [3.05, 3.63) is 93.4 Å². The van der Waals surface area contributed by atoms with E-state index in [0.29, 0.717) is 34.0 Å². The smallest absolute Gasteiger partial charge is 0.297 e. The van der Waals surface area contributed by atoms with Crippen molar-refractivity contribution in [1.82, 2.24) is 14.5 Å². The van der Waals surface area contributed by atoms with E-state index >= 15 is 0 Å². The van der Waals surface area contributed by atoms with E-state index in [4.69, 9.17) is 27.6 Å². The summed E-state index contributed by atoms with van der Waals surface area (Å²) in [5.41, 5.74) is 6.91. The Morgan fingerprint density at radius 3 is 2.80 bits per heavy atom. The Morgan fingerprint density at radius 2 is 2.00 bits per heavy atom. The number of rotatable bonds is 5. The second kappa shape index (κ2) is 9.40. The van der Waals surface area contributed by atoms with Crippen LogP contribution in [0.25, 0.3) is 16.5 Å². The van der Waals surface area contributed by atoms with E-state index in [1.807, 2.05) is 15.5 Å². The maximum absolute atomic E-state index is 12.6. The van der Waals surface area contributed by atoms with Gasteiger partial charge in [-0.1, -0.05) is 47.5 Å². The number of aromatic nitrogens is 2. The largest absolute Gasteiger partial charge is 0.443 e. The van der Waals surface area contributed by atoms with Gasteiger partial charge in [0.1, 0.15) is 5.58 Å². The third-order valence-electron chi connectivity index (χ3n) is 5.69. The average molecular weight is 528 g/mol. The molecule has 0 saturated heterocycles. The van der Waals surface area contributed by atoms with Gasteiger partial charge < -0.3 is 4.42 Å². The minimum Gasteiger partial charge on any atom is -0.443 e. The number of hydrogen-bond donors (Lipinski definition) is 1. The van der Waals surface area contributed by atoms with Gasteiger partial charge in [-0.3, -0.25) is 9.48 Å². The molecule has 0 aliphatic heterocycles. The van der Waals surface area contributed by atoms with Crippen LogP contribution in [0.5, 0.6) is 0 Å². The fraction of sp³-hybridized carbons (Fsp3) is 0.160. The minimum absolute atomic E-state index is 0.328. The number of benzene rings is 2. The van der Waals surface area contributed by atoms with Gasteiger partial charge in [-0.2, -0.15) is 13.5 Å². The Hall–Kier alpha value is -3.29. The summed E-state index contributed by atoms with van der Waals surface area (Å²) in [4.78, 5) is 12.5. The number of sulfonamides is 1. The third kappa shape index (κ3) is 4.92. The molecule has 0 bridgehead atoms.